The molecule has 0 aromatic heterocycles. The van der Waals surface area contributed by atoms with E-state index in [1.54, 1.807) is 12.2 Å². The summed E-state index contributed by atoms with van der Waals surface area (Å²) < 4.78 is 23.3. The van der Waals surface area contributed by atoms with Gasteiger partial charge in [0.15, 0.2) is 0 Å². The van der Waals surface area contributed by atoms with Gasteiger partial charge in [-0.25, -0.2) is 4.90 Å². The molecule has 0 bridgehead atoms. The van der Waals surface area contributed by atoms with Crippen LogP contribution in [-0.2, 0) is 0 Å². The summed E-state index contributed by atoms with van der Waals surface area (Å²) in [6.45, 7) is -1.49. The van der Waals surface area contributed by atoms with E-state index in [0.717, 1.165) is 4.90 Å². The molecule has 0 aliphatic carbocycles. The highest BCUT2D eigenvalue weighted by molar-refractivity contribution is 4.94. The van der Waals surface area contributed by atoms with Gasteiger partial charge in [0.25, 0.3) is 6.55 Å². The molecule has 0 fully saturated rings. The quantitative estimate of drug-likeness (QED) is 0.369. The van der Waals surface area contributed by atoms with E-state index < -0.39 is 6.55 Å². The minimum atomic E-state index is -2.29. The van der Waals surface area contributed by atoms with Crippen LogP contribution in [0.2, 0.25) is 0 Å². The Hall–Kier alpha value is -0.440. The zero-order chi connectivity index (χ0) is 5.98. The van der Waals surface area contributed by atoms with Gasteiger partial charge in [0.2, 0.25) is 0 Å². The molecule has 0 aromatic carbocycles. The van der Waals surface area contributed by atoms with Crippen molar-refractivity contribution in [1.82, 2.24) is 4.90 Å². The second-order valence-electron chi connectivity index (χ2n) is 1.70. The first-order chi connectivity index (χ1) is 3.80. The third-order valence-corrected chi connectivity index (χ3v) is 1.12. The molecule has 0 amide bonds. The molecule has 1 heterocycles. The van der Waals surface area contributed by atoms with Gasteiger partial charge in [0, 0.05) is 13.1 Å². The van der Waals surface area contributed by atoms with Crippen LogP contribution in [0.15, 0.2) is 12.2 Å². The molecule has 1 rings (SSSR count). The Labute approximate surface area is 46.6 Å². The summed E-state index contributed by atoms with van der Waals surface area (Å²) in [5.41, 5.74) is 0. The number of nitrogens with zero attached hydrogens (tertiary/aromatic N) is 1. The Morgan fingerprint density at radius 3 is 2.00 bits per heavy atom. The molecule has 0 unspecified atom stereocenters. The zero-order valence-corrected chi connectivity index (χ0v) is 4.35. The van der Waals surface area contributed by atoms with E-state index in [9.17, 15) is 8.78 Å². The number of alkyl halides is 2. The molecule has 8 heavy (non-hydrogen) atoms. The smallest absolute Gasteiger partial charge is 0.240 e. The van der Waals surface area contributed by atoms with Gasteiger partial charge >= 0.3 is 0 Å². The zero-order valence-electron chi connectivity index (χ0n) is 4.35. The summed E-state index contributed by atoms with van der Waals surface area (Å²) in [7, 11) is 0. The van der Waals surface area contributed by atoms with Crippen LogP contribution in [0.3, 0.4) is 0 Å². The maximum Gasteiger partial charge on any atom is 0.295 e. The Kier molecular flexibility index (Phi) is 1.58. The fourth-order valence-electron chi connectivity index (χ4n) is 0.654. The third kappa shape index (κ3) is 1.04. The summed E-state index contributed by atoms with van der Waals surface area (Å²) in [4.78, 5) is 1.08. The van der Waals surface area contributed by atoms with Gasteiger partial charge in [-0.1, -0.05) is 12.2 Å². The number of hydrogen-bond acceptors (Lipinski definition) is 1. The molecule has 0 radical (unpaired) electrons. The van der Waals surface area contributed by atoms with Crippen LogP contribution in [0.25, 0.3) is 0 Å². The van der Waals surface area contributed by atoms with E-state index in [2.05, 4.69) is 0 Å². The minimum absolute atomic E-state index is 0.400. The minimum Gasteiger partial charge on any atom is -0.240 e. The highest BCUT2D eigenvalue weighted by Crippen LogP contribution is 2.06. The lowest BCUT2D eigenvalue weighted by molar-refractivity contribution is -0.00711. The van der Waals surface area contributed by atoms with Gasteiger partial charge in [0.05, 0.1) is 0 Å². The predicted octanol–water partition coefficient (Wildman–Crippen LogP) is 1.08. The number of halogens is 2. The molecule has 1 aliphatic heterocycles. The molecular formula is C5H7F2N. The summed E-state index contributed by atoms with van der Waals surface area (Å²) in [5, 5.41) is 0. The largest absolute Gasteiger partial charge is 0.295 e. The fourth-order valence-corrected chi connectivity index (χ4v) is 0.654. The highest BCUT2D eigenvalue weighted by atomic mass is 19.3. The average molecular weight is 119 g/mol. The van der Waals surface area contributed by atoms with Crippen LogP contribution in [-0.4, -0.2) is 24.5 Å². The van der Waals surface area contributed by atoms with E-state index in [4.69, 9.17) is 0 Å². The maximum atomic E-state index is 11.6. The summed E-state index contributed by atoms with van der Waals surface area (Å²) in [6, 6.07) is 0. The Bertz CT molecular complexity index is 92.6. The van der Waals surface area contributed by atoms with Gasteiger partial charge in [-0.2, -0.15) is 8.78 Å². The van der Waals surface area contributed by atoms with Crippen molar-refractivity contribution in [2.75, 3.05) is 13.1 Å². The van der Waals surface area contributed by atoms with Crippen molar-refractivity contribution >= 4 is 0 Å². The molecule has 0 spiro atoms. The SMILES string of the molecule is FC(F)N1CC=CC1. The van der Waals surface area contributed by atoms with Crippen molar-refractivity contribution < 1.29 is 8.78 Å². The second-order valence-corrected chi connectivity index (χ2v) is 1.70. The third-order valence-electron chi connectivity index (χ3n) is 1.12. The lowest BCUT2D eigenvalue weighted by Gasteiger charge is -2.11. The van der Waals surface area contributed by atoms with Crippen molar-refractivity contribution in [2.24, 2.45) is 0 Å². The van der Waals surface area contributed by atoms with Crippen molar-refractivity contribution in [1.29, 1.82) is 0 Å². The normalized spacial score (nSPS) is 20.9. The molecule has 0 saturated carbocycles. The maximum absolute atomic E-state index is 11.6. The molecule has 0 aromatic rings. The lowest BCUT2D eigenvalue weighted by atomic mass is 10.6. The topological polar surface area (TPSA) is 3.24 Å². The molecule has 0 saturated heterocycles. The lowest BCUT2D eigenvalue weighted by Crippen LogP contribution is -2.25. The molecule has 0 N–H and O–H groups in total. The highest BCUT2D eigenvalue weighted by Gasteiger charge is 2.15. The van der Waals surface area contributed by atoms with E-state index in [0.29, 0.717) is 13.1 Å². The van der Waals surface area contributed by atoms with E-state index in [1.807, 2.05) is 0 Å². The average Bonchev–Trinajstić information content (AvgIpc) is 2.12. The Balaban J connectivity index is 2.29. The van der Waals surface area contributed by atoms with Gasteiger partial charge in [0.1, 0.15) is 0 Å². The molecule has 0 atom stereocenters. The number of hydrogen-bond donors (Lipinski definition) is 0. The second kappa shape index (κ2) is 2.22. The van der Waals surface area contributed by atoms with Crippen LogP contribution in [0.1, 0.15) is 0 Å². The van der Waals surface area contributed by atoms with Gasteiger partial charge in [-0.05, 0) is 0 Å². The van der Waals surface area contributed by atoms with Gasteiger partial charge in [-0.3, -0.25) is 0 Å². The summed E-state index contributed by atoms with van der Waals surface area (Å²) in [5.74, 6) is 0. The van der Waals surface area contributed by atoms with E-state index in [1.165, 1.54) is 0 Å². The Morgan fingerprint density at radius 1 is 1.25 bits per heavy atom. The van der Waals surface area contributed by atoms with Crippen LogP contribution >= 0.6 is 0 Å². The van der Waals surface area contributed by atoms with E-state index in [-0.39, 0.29) is 0 Å². The van der Waals surface area contributed by atoms with E-state index >= 15 is 0 Å². The van der Waals surface area contributed by atoms with Crippen molar-refractivity contribution in [3.8, 4) is 0 Å². The van der Waals surface area contributed by atoms with Crippen LogP contribution in [0, 0.1) is 0 Å². The summed E-state index contributed by atoms with van der Waals surface area (Å²) in [6.07, 6.45) is 3.48. The molecule has 1 aliphatic rings. The van der Waals surface area contributed by atoms with Gasteiger partial charge < -0.3 is 0 Å². The van der Waals surface area contributed by atoms with Crippen molar-refractivity contribution in [2.45, 2.75) is 6.55 Å². The first kappa shape index (κ1) is 5.69. The van der Waals surface area contributed by atoms with Crippen LogP contribution in [0.4, 0.5) is 8.78 Å². The fraction of sp³-hybridized carbons (Fsp3) is 0.600. The van der Waals surface area contributed by atoms with Gasteiger partial charge in [-0.15, -0.1) is 0 Å². The summed E-state index contributed by atoms with van der Waals surface area (Å²) >= 11 is 0. The first-order valence-corrected chi connectivity index (χ1v) is 2.48. The monoisotopic (exact) mass is 119 g/mol. The first-order valence-electron chi connectivity index (χ1n) is 2.48. The molecule has 1 nitrogen and oxygen atoms in total. The van der Waals surface area contributed by atoms with Crippen molar-refractivity contribution in [3.05, 3.63) is 12.2 Å². The molecule has 46 valence electrons. The van der Waals surface area contributed by atoms with Crippen molar-refractivity contribution in [3.63, 3.8) is 0 Å². The standard InChI is InChI=1S/C5H7F2N/c6-5(7)8-3-1-2-4-8/h1-2,5H,3-4H2. The Morgan fingerprint density at radius 2 is 1.75 bits per heavy atom. The number of rotatable bonds is 1. The molecule has 3 heteroatoms. The molecular weight excluding hydrogens is 112 g/mol. The predicted molar refractivity (Wildman–Crippen MR) is 26.7 cm³/mol. The van der Waals surface area contributed by atoms with Crippen LogP contribution in [0.5, 0.6) is 0 Å². The van der Waals surface area contributed by atoms with Crippen LogP contribution < -0.4 is 0 Å².